The Morgan fingerprint density at radius 1 is 1.15 bits per heavy atom. The maximum atomic E-state index is 13.2. The first kappa shape index (κ1) is 33.6. The molecule has 0 bridgehead atoms. The van der Waals surface area contributed by atoms with Crippen molar-refractivity contribution >= 4 is 23.1 Å². The molecule has 1 saturated carbocycles. The second kappa shape index (κ2) is 13.7. The number of alkyl halides is 3. The molecule has 1 aliphatic carbocycles. The van der Waals surface area contributed by atoms with Crippen LogP contribution in [-0.4, -0.2) is 41.0 Å². The molecule has 48 heavy (non-hydrogen) atoms. The van der Waals surface area contributed by atoms with Gasteiger partial charge in [0, 0.05) is 23.9 Å². The molecule has 0 radical (unpaired) electrons. The zero-order valence-corrected chi connectivity index (χ0v) is 27.7. The van der Waals surface area contributed by atoms with Crippen LogP contribution in [0.4, 0.5) is 13.2 Å². The molecule has 1 atom stereocenters. The molecule has 2 aliphatic rings. The van der Waals surface area contributed by atoms with E-state index in [1.54, 1.807) is 24.3 Å². The van der Waals surface area contributed by atoms with E-state index in [0.29, 0.717) is 35.1 Å². The van der Waals surface area contributed by atoms with Gasteiger partial charge in [-0.05, 0) is 80.2 Å². The van der Waals surface area contributed by atoms with Crippen molar-refractivity contribution in [2.24, 2.45) is 0 Å². The van der Waals surface area contributed by atoms with E-state index in [4.69, 9.17) is 30.3 Å². The van der Waals surface area contributed by atoms with Gasteiger partial charge < -0.3 is 23.5 Å². The van der Waals surface area contributed by atoms with Crippen LogP contribution in [0.25, 0.3) is 16.8 Å². The van der Waals surface area contributed by atoms with Crippen molar-refractivity contribution in [1.29, 1.82) is 0 Å². The summed E-state index contributed by atoms with van der Waals surface area (Å²) in [5.74, 6) is 0.296. The Balaban J connectivity index is 1.24. The number of carbonyl (C=O) groups is 1. The van der Waals surface area contributed by atoms with E-state index in [9.17, 15) is 18.0 Å². The second-order valence-electron chi connectivity index (χ2n) is 12.0. The molecule has 0 amide bonds. The summed E-state index contributed by atoms with van der Waals surface area (Å²) in [7, 11) is 1.33. The van der Waals surface area contributed by atoms with E-state index in [1.165, 1.54) is 25.3 Å². The van der Waals surface area contributed by atoms with Crippen LogP contribution in [0.15, 0.2) is 58.6 Å². The predicted octanol–water partition coefficient (Wildman–Crippen LogP) is 9.24. The average molecular weight is 686 g/mol. The summed E-state index contributed by atoms with van der Waals surface area (Å²) in [4.78, 5) is 12.3. The molecule has 1 aliphatic heterocycles. The van der Waals surface area contributed by atoms with Crippen molar-refractivity contribution in [3.63, 3.8) is 0 Å². The fourth-order valence-corrected chi connectivity index (χ4v) is 6.22. The van der Waals surface area contributed by atoms with Crippen LogP contribution < -0.4 is 9.47 Å². The van der Waals surface area contributed by atoms with Crippen molar-refractivity contribution in [2.45, 2.75) is 77.5 Å². The molecule has 13 heteroatoms. The van der Waals surface area contributed by atoms with E-state index in [1.807, 2.05) is 24.6 Å². The van der Waals surface area contributed by atoms with Crippen molar-refractivity contribution in [3.8, 4) is 22.8 Å². The van der Waals surface area contributed by atoms with Gasteiger partial charge >= 0.3 is 12.3 Å². The zero-order chi connectivity index (χ0) is 34.2. The van der Waals surface area contributed by atoms with Gasteiger partial charge in [0.05, 0.1) is 36.1 Å². The highest BCUT2D eigenvalue weighted by atomic mass is 35.5. The lowest BCUT2D eigenvalue weighted by Crippen LogP contribution is -2.18. The fraction of sp³-hybridized carbons (Fsp3) is 0.400. The van der Waals surface area contributed by atoms with E-state index in [0.717, 1.165) is 41.7 Å². The molecule has 4 aromatic rings. The SMILES string of the molecule is CCC1=C(c2cc(C(=O)OC)nn2C(C)C)CC(c2ccc(OCc3c(-c4ccccc4OC(F)(F)F)noc3C3CC3)cc2Cl)OC1. The number of halogens is 4. The Morgan fingerprint density at radius 3 is 2.58 bits per heavy atom. The van der Waals surface area contributed by atoms with Crippen LogP contribution >= 0.6 is 11.6 Å². The zero-order valence-electron chi connectivity index (χ0n) is 26.9. The number of methoxy groups -OCH3 is 1. The fourth-order valence-electron chi connectivity index (χ4n) is 5.93. The van der Waals surface area contributed by atoms with Crippen LogP contribution in [0.2, 0.25) is 5.02 Å². The summed E-state index contributed by atoms with van der Waals surface area (Å²) in [5, 5.41) is 9.09. The minimum atomic E-state index is -4.87. The van der Waals surface area contributed by atoms with Gasteiger partial charge in [0.2, 0.25) is 0 Å². The Labute approximate surface area is 280 Å². The number of nitrogens with zero attached hydrogens (tertiary/aromatic N) is 3. The lowest BCUT2D eigenvalue weighted by atomic mass is 9.91. The van der Waals surface area contributed by atoms with Crippen LogP contribution in [0.1, 0.15) is 97.6 Å². The van der Waals surface area contributed by atoms with Gasteiger partial charge in [-0.2, -0.15) is 5.10 Å². The number of benzene rings is 2. The smallest absolute Gasteiger partial charge is 0.489 e. The average Bonchev–Trinajstić information content (AvgIpc) is 3.65. The third-order valence-electron chi connectivity index (χ3n) is 8.47. The third-order valence-corrected chi connectivity index (χ3v) is 8.79. The third kappa shape index (κ3) is 7.09. The standard InChI is InChI=1S/C35H35ClF3N3O6/c1-5-20-17-46-31(15-25(20)29-16-28(34(43)44-4)40-42(29)19(2)3)23-13-12-22(14-27(23)36)45-18-26-32(41-48-33(26)21-10-11-21)24-8-6-7-9-30(24)47-35(37,38)39/h6-9,12-14,16,19,21,31H,5,10-11,15,17-18H2,1-4H3. The van der Waals surface area contributed by atoms with E-state index >= 15 is 0 Å². The number of ether oxygens (including phenoxy) is 4. The molecule has 6 rings (SSSR count). The van der Waals surface area contributed by atoms with Gasteiger partial charge in [0.1, 0.15) is 29.6 Å². The number of rotatable bonds is 11. The van der Waals surface area contributed by atoms with Gasteiger partial charge in [-0.25, -0.2) is 4.79 Å². The highest BCUT2D eigenvalue weighted by molar-refractivity contribution is 6.31. The maximum Gasteiger partial charge on any atom is 0.573 e. The molecule has 9 nitrogen and oxygen atoms in total. The molecule has 254 valence electrons. The van der Waals surface area contributed by atoms with Gasteiger partial charge in [0.15, 0.2) is 5.69 Å². The number of aromatic nitrogens is 3. The number of carbonyl (C=O) groups excluding carboxylic acids is 1. The number of hydrogen-bond donors (Lipinski definition) is 0. The van der Waals surface area contributed by atoms with Crippen LogP contribution in [0, 0.1) is 0 Å². The minimum Gasteiger partial charge on any atom is -0.489 e. The van der Waals surface area contributed by atoms with Crippen molar-refractivity contribution < 1.29 is 41.4 Å². The van der Waals surface area contributed by atoms with Gasteiger partial charge in [-0.3, -0.25) is 4.68 Å². The first-order valence-electron chi connectivity index (χ1n) is 15.7. The second-order valence-corrected chi connectivity index (χ2v) is 12.5. The van der Waals surface area contributed by atoms with E-state index in [2.05, 4.69) is 21.9 Å². The molecule has 2 aromatic heterocycles. The van der Waals surface area contributed by atoms with Crippen LogP contribution in [0.5, 0.6) is 11.5 Å². The number of para-hydroxylation sites is 1. The molecule has 3 heterocycles. The first-order chi connectivity index (χ1) is 23.0. The number of hydrogen-bond acceptors (Lipinski definition) is 8. The van der Waals surface area contributed by atoms with E-state index < -0.39 is 12.3 Å². The van der Waals surface area contributed by atoms with Gasteiger partial charge in [-0.15, -0.1) is 13.2 Å². The monoisotopic (exact) mass is 685 g/mol. The summed E-state index contributed by atoms with van der Waals surface area (Å²) in [6, 6.07) is 12.9. The molecular formula is C35H35ClF3N3O6. The normalized spacial score (nSPS) is 16.8. The van der Waals surface area contributed by atoms with Crippen LogP contribution in [-0.2, 0) is 16.1 Å². The Kier molecular flexibility index (Phi) is 9.57. The number of esters is 1. The molecule has 2 aromatic carbocycles. The molecule has 0 saturated heterocycles. The Hall–Kier alpha value is -4.29. The predicted molar refractivity (Wildman–Crippen MR) is 171 cm³/mol. The summed E-state index contributed by atoms with van der Waals surface area (Å²) < 4.78 is 68.6. The highest BCUT2D eigenvalue weighted by Crippen LogP contribution is 2.46. The quantitative estimate of drug-likeness (QED) is 0.144. The summed E-state index contributed by atoms with van der Waals surface area (Å²) in [5.41, 5.74) is 4.94. The largest absolute Gasteiger partial charge is 0.573 e. The molecule has 1 unspecified atom stereocenters. The summed E-state index contributed by atoms with van der Waals surface area (Å²) in [6.45, 7) is 6.45. The maximum absolute atomic E-state index is 13.2. The van der Waals surface area contributed by atoms with Crippen molar-refractivity contribution in [3.05, 3.63) is 87.4 Å². The topological polar surface area (TPSA) is 97.8 Å². The summed E-state index contributed by atoms with van der Waals surface area (Å²) >= 11 is 6.83. The minimum absolute atomic E-state index is 0.00217. The first-order valence-corrected chi connectivity index (χ1v) is 16.1. The molecule has 1 fully saturated rings. The molecular weight excluding hydrogens is 651 g/mol. The van der Waals surface area contributed by atoms with Crippen molar-refractivity contribution in [2.75, 3.05) is 13.7 Å². The van der Waals surface area contributed by atoms with Crippen molar-refractivity contribution in [1.82, 2.24) is 14.9 Å². The van der Waals surface area contributed by atoms with E-state index in [-0.39, 0.29) is 47.4 Å². The highest BCUT2D eigenvalue weighted by Gasteiger charge is 2.36. The van der Waals surface area contributed by atoms with Crippen LogP contribution in [0.3, 0.4) is 0 Å². The lowest BCUT2D eigenvalue weighted by Gasteiger charge is -2.29. The molecule has 0 spiro atoms. The Bertz CT molecular complexity index is 1840. The molecule has 0 N–H and O–H groups in total. The van der Waals surface area contributed by atoms with Gasteiger partial charge in [0.25, 0.3) is 0 Å². The summed E-state index contributed by atoms with van der Waals surface area (Å²) in [6.07, 6.45) is -2.18. The lowest BCUT2D eigenvalue weighted by molar-refractivity contribution is -0.274. The van der Waals surface area contributed by atoms with Gasteiger partial charge in [-0.1, -0.05) is 41.9 Å². The Morgan fingerprint density at radius 2 is 1.92 bits per heavy atom.